The highest BCUT2D eigenvalue weighted by Crippen LogP contribution is 2.30. The molecule has 1 aromatic carbocycles. The predicted octanol–water partition coefficient (Wildman–Crippen LogP) is 3.35. The standard InChI is InChI=1S/C14H21FO3/c1-5-16-14(17-6-2,18-7-3)12-8-11(4)9-13(15)10-12/h8-10H,5-7H2,1-4H3. The third kappa shape index (κ3) is 3.51. The van der Waals surface area contributed by atoms with E-state index in [0.717, 1.165) is 5.56 Å². The van der Waals surface area contributed by atoms with Gasteiger partial charge < -0.3 is 14.2 Å². The Bertz CT molecular complexity index is 342. The molecule has 0 bridgehead atoms. The molecular formula is C14H21FO3. The van der Waals surface area contributed by atoms with Crippen LogP contribution in [-0.2, 0) is 20.2 Å². The molecule has 0 unspecified atom stereocenters. The first-order valence-electron chi connectivity index (χ1n) is 6.27. The van der Waals surface area contributed by atoms with Crippen LogP contribution in [-0.4, -0.2) is 19.8 Å². The Balaban J connectivity index is 3.20. The lowest BCUT2D eigenvalue weighted by molar-refractivity contribution is -0.389. The molecule has 1 rings (SSSR count). The van der Waals surface area contributed by atoms with E-state index >= 15 is 0 Å². The van der Waals surface area contributed by atoms with Crippen molar-refractivity contribution in [2.24, 2.45) is 0 Å². The fourth-order valence-electron chi connectivity index (χ4n) is 1.86. The highest BCUT2D eigenvalue weighted by molar-refractivity contribution is 5.26. The van der Waals surface area contributed by atoms with Crippen molar-refractivity contribution in [2.45, 2.75) is 33.7 Å². The van der Waals surface area contributed by atoms with Crippen LogP contribution in [0.1, 0.15) is 31.9 Å². The normalized spacial score (nSPS) is 11.8. The van der Waals surface area contributed by atoms with Crippen molar-refractivity contribution in [3.05, 3.63) is 35.1 Å². The summed E-state index contributed by atoms with van der Waals surface area (Å²) in [5, 5.41) is 0. The van der Waals surface area contributed by atoms with E-state index in [1.54, 1.807) is 0 Å². The molecule has 0 heterocycles. The smallest absolute Gasteiger partial charge is 0.312 e. The van der Waals surface area contributed by atoms with Gasteiger partial charge in [0.2, 0.25) is 0 Å². The van der Waals surface area contributed by atoms with E-state index < -0.39 is 5.97 Å². The van der Waals surface area contributed by atoms with Gasteiger partial charge in [0.1, 0.15) is 5.82 Å². The van der Waals surface area contributed by atoms with E-state index in [4.69, 9.17) is 14.2 Å². The second-order valence-corrected chi connectivity index (χ2v) is 3.87. The molecule has 0 aliphatic rings. The van der Waals surface area contributed by atoms with E-state index in [9.17, 15) is 4.39 Å². The van der Waals surface area contributed by atoms with Gasteiger partial charge in [-0.3, -0.25) is 0 Å². The summed E-state index contributed by atoms with van der Waals surface area (Å²) in [5.74, 6) is -1.64. The number of rotatable bonds is 7. The average Bonchev–Trinajstić information content (AvgIpc) is 2.28. The van der Waals surface area contributed by atoms with Crippen molar-refractivity contribution in [3.8, 4) is 0 Å². The van der Waals surface area contributed by atoms with Gasteiger partial charge in [0.15, 0.2) is 0 Å². The van der Waals surface area contributed by atoms with Gasteiger partial charge in [-0.2, -0.15) is 0 Å². The number of benzene rings is 1. The number of aryl methyl sites for hydroxylation is 1. The maximum Gasteiger partial charge on any atom is 0.312 e. The third-order valence-corrected chi connectivity index (χ3v) is 2.40. The zero-order chi connectivity index (χ0) is 13.6. The second kappa shape index (κ2) is 6.83. The summed E-state index contributed by atoms with van der Waals surface area (Å²) >= 11 is 0. The molecular weight excluding hydrogens is 235 g/mol. The SMILES string of the molecule is CCOC(OCC)(OCC)c1cc(C)cc(F)c1. The summed E-state index contributed by atoms with van der Waals surface area (Å²) in [7, 11) is 0. The van der Waals surface area contributed by atoms with E-state index in [1.807, 2.05) is 33.8 Å². The van der Waals surface area contributed by atoms with Crippen molar-refractivity contribution < 1.29 is 18.6 Å². The first-order chi connectivity index (χ1) is 8.57. The minimum atomic E-state index is -1.31. The molecule has 0 spiro atoms. The molecule has 0 saturated heterocycles. The summed E-state index contributed by atoms with van der Waals surface area (Å²) in [6.07, 6.45) is 0. The first kappa shape index (κ1) is 15.1. The third-order valence-electron chi connectivity index (χ3n) is 2.40. The van der Waals surface area contributed by atoms with E-state index in [1.165, 1.54) is 12.1 Å². The van der Waals surface area contributed by atoms with Gasteiger partial charge in [-0.15, -0.1) is 0 Å². The van der Waals surface area contributed by atoms with Crippen molar-refractivity contribution >= 4 is 0 Å². The molecule has 4 heteroatoms. The van der Waals surface area contributed by atoms with Crippen molar-refractivity contribution in [1.29, 1.82) is 0 Å². The van der Waals surface area contributed by atoms with Crippen LogP contribution in [0.2, 0.25) is 0 Å². The van der Waals surface area contributed by atoms with Gasteiger partial charge in [0.25, 0.3) is 0 Å². The van der Waals surface area contributed by atoms with Gasteiger partial charge >= 0.3 is 5.97 Å². The monoisotopic (exact) mass is 256 g/mol. The van der Waals surface area contributed by atoms with E-state index in [-0.39, 0.29) is 5.82 Å². The van der Waals surface area contributed by atoms with Gasteiger partial charge in [0, 0.05) is 25.4 Å². The predicted molar refractivity (Wildman–Crippen MR) is 67.7 cm³/mol. The lowest BCUT2D eigenvalue weighted by Crippen LogP contribution is -2.36. The summed E-state index contributed by atoms with van der Waals surface area (Å²) in [5.41, 5.74) is 1.35. The van der Waals surface area contributed by atoms with Crippen molar-refractivity contribution in [1.82, 2.24) is 0 Å². The maximum absolute atomic E-state index is 13.5. The summed E-state index contributed by atoms with van der Waals surface area (Å²) in [6, 6.07) is 4.65. The first-order valence-corrected chi connectivity index (χ1v) is 6.27. The second-order valence-electron chi connectivity index (χ2n) is 3.87. The average molecular weight is 256 g/mol. The van der Waals surface area contributed by atoms with E-state index in [0.29, 0.717) is 25.4 Å². The summed E-state index contributed by atoms with van der Waals surface area (Å²) in [4.78, 5) is 0. The molecule has 0 atom stereocenters. The van der Waals surface area contributed by atoms with Gasteiger partial charge in [0.05, 0.1) is 0 Å². The van der Waals surface area contributed by atoms with Crippen LogP contribution in [0.4, 0.5) is 4.39 Å². The fraction of sp³-hybridized carbons (Fsp3) is 0.571. The van der Waals surface area contributed by atoms with Crippen LogP contribution >= 0.6 is 0 Å². The summed E-state index contributed by atoms with van der Waals surface area (Å²) in [6.45, 7) is 8.60. The molecule has 3 nitrogen and oxygen atoms in total. The highest BCUT2D eigenvalue weighted by atomic mass is 19.1. The largest absolute Gasteiger partial charge is 0.324 e. The minimum absolute atomic E-state index is 0.325. The minimum Gasteiger partial charge on any atom is -0.324 e. The van der Waals surface area contributed by atoms with Crippen molar-refractivity contribution in [2.75, 3.05) is 19.8 Å². The Kier molecular flexibility index (Phi) is 5.72. The molecule has 0 radical (unpaired) electrons. The molecule has 0 aliphatic carbocycles. The number of hydrogen-bond acceptors (Lipinski definition) is 3. The topological polar surface area (TPSA) is 27.7 Å². The lowest BCUT2D eigenvalue weighted by Gasteiger charge is -2.32. The number of hydrogen-bond donors (Lipinski definition) is 0. The Morgan fingerprint density at radius 3 is 1.83 bits per heavy atom. The molecule has 0 fully saturated rings. The Morgan fingerprint density at radius 1 is 0.944 bits per heavy atom. The molecule has 18 heavy (non-hydrogen) atoms. The van der Waals surface area contributed by atoms with Crippen LogP contribution < -0.4 is 0 Å². The maximum atomic E-state index is 13.5. The fourth-order valence-corrected chi connectivity index (χ4v) is 1.86. The highest BCUT2D eigenvalue weighted by Gasteiger charge is 2.35. The van der Waals surface area contributed by atoms with Crippen LogP contribution in [0.5, 0.6) is 0 Å². The molecule has 1 aromatic rings. The van der Waals surface area contributed by atoms with Crippen molar-refractivity contribution in [3.63, 3.8) is 0 Å². The number of halogens is 1. The Hall–Kier alpha value is -0.970. The van der Waals surface area contributed by atoms with Crippen LogP contribution in [0.15, 0.2) is 18.2 Å². The molecule has 102 valence electrons. The molecule has 0 N–H and O–H groups in total. The van der Waals surface area contributed by atoms with Crippen LogP contribution in [0, 0.1) is 12.7 Å². The van der Waals surface area contributed by atoms with Gasteiger partial charge in [-0.05, 0) is 51.5 Å². The quantitative estimate of drug-likeness (QED) is 0.700. The Morgan fingerprint density at radius 2 is 1.44 bits per heavy atom. The molecule has 0 aromatic heterocycles. The number of ether oxygens (including phenoxy) is 3. The molecule has 0 aliphatic heterocycles. The Labute approximate surface area is 108 Å². The van der Waals surface area contributed by atoms with E-state index in [2.05, 4.69) is 0 Å². The molecule has 0 amide bonds. The van der Waals surface area contributed by atoms with Gasteiger partial charge in [-0.25, -0.2) is 4.39 Å². The van der Waals surface area contributed by atoms with Crippen LogP contribution in [0.3, 0.4) is 0 Å². The molecule has 0 saturated carbocycles. The lowest BCUT2D eigenvalue weighted by atomic mass is 10.1. The zero-order valence-corrected chi connectivity index (χ0v) is 11.5. The summed E-state index contributed by atoms with van der Waals surface area (Å²) < 4.78 is 30.3. The zero-order valence-electron chi connectivity index (χ0n) is 11.5. The van der Waals surface area contributed by atoms with Crippen LogP contribution in [0.25, 0.3) is 0 Å². The van der Waals surface area contributed by atoms with Gasteiger partial charge in [-0.1, -0.05) is 0 Å².